The third-order valence-corrected chi connectivity index (χ3v) is 4.44. The topological polar surface area (TPSA) is 21.3 Å². The monoisotopic (exact) mass is 365 g/mol. The van der Waals surface area contributed by atoms with Crippen LogP contribution in [0.2, 0.25) is 0 Å². The molecule has 112 valence electrons. The zero-order chi connectivity index (χ0) is 14.9. The number of rotatable bonds is 8. The minimum Gasteiger partial charge on any atom is -0.493 e. The van der Waals surface area contributed by atoms with Crippen LogP contribution >= 0.6 is 27.7 Å². The zero-order valence-electron chi connectivity index (χ0n) is 12.1. The van der Waals surface area contributed by atoms with Crippen molar-refractivity contribution >= 4 is 27.7 Å². The molecule has 0 radical (unpaired) electrons. The van der Waals surface area contributed by atoms with Crippen LogP contribution in [0.15, 0.2) is 57.9 Å². The first-order chi connectivity index (χ1) is 10.3. The summed E-state index contributed by atoms with van der Waals surface area (Å²) in [6, 6.07) is 16.7. The lowest BCUT2D eigenvalue weighted by Crippen LogP contribution is -2.11. The molecule has 2 aromatic rings. The van der Waals surface area contributed by atoms with E-state index in [9.17, 15) is 0 Å². The predicted molar refractivity (Wildman–Crippen MR) is 94.2 cm³/mol. The quantitative estimate of drug-likeness (QED) is 0.539. The second-order valence-electron chi connectivity index (χ2n) is 4.58. The summed E-state index contributed by atoms with van der Waals surface area (Å²) in [7, 11) is 0. The van der Waals surface area contributed by atoms with Crippen molar-refractivity contribution in [3.8, 4) is 5.75 Å². The van der Waals surface area contributed by atoms with Crippen LogP contribution in [0.4, 0.5) is 0 Å². The van der Waals surface area contributed by atoms with Gasteiger partial charge in [0.15, 0.2) is 0 Å². The van der Waals surface area contributed by atoms with Crippen molar-refractivity contribution in [3.63, 3.8) is 0 Å². The highest BCUT2D eigenvalue weighted by Crippen LogP contribution is 2.20. The summed E-state index contributed by atoms with van der Waals surface area (Å²) < 4.78 is 6.78. The van der Waals surface area contributed by atoms with Crippen molar-refractivity contribution in [1.29, 1.82) is 0 Å². The molecule has 0 bridgehead atoms. The van der Waals surface area contributed by atoms with E-state index in [1.807, 2.05) is 36.0 Å². The van der Waals surface area contributed by atoms with Crippen LogP contribution in [0.1, 0.15) is 12.5 Å². The highest BCUT2D eigenvalue weighted by Gasteiger charge is 1.97. The fourth-order valence-corrected chi connectivity index (χ4v) is 2.82. The molecule has 0 aliphatic heterocycles. The predicted octanol–water partition coefficient (Wildman–Crippen LogP) is 4.73. The minimum atomic E-state index is 0.714. The highest BCUT2D eigenvalue weighted by atomic mass is 79.9. The lowest BCUT2D eigenvalue weighted by atomic mass is 10.2. The van der Waals surface area contributed by atoms with Crippen LogP contribution < -0.4 is 10.1 Å². The van der Waals surface area contributed by atoms with Gasteiger partial charge in [-0.3, -0.25) is 0 Å². The smallest absolute Gasteiger partial charge is 0.119 e. The van der Waals surface area contributed by atoms with Crippen molar-refractivity contribution in [2.45, 2.75) is 18.4 Å². The Morgan fingerprint density at radius 1 is 1.05 bits per heavy atom. The molecular formula is C17H20BrNOS. The van der Waals surface area contributed by atoms with Crippen LogP contribution in [-0.4, -0.2) is 18.9 Å². The highest BCUT2D eigenvalue weighted by molar-refractivity contribution is 9.10. The number of ether oxygens (including phenoxy) is 1. The Morgan fingerprint density at radius 3 is 2.43 bits per heavy atom. The van der Waals surface area contributed by atoms with E-state index in [2.05, 4.69) is 52.4 Å². The SMILES string of the molecule is CCNCc1ccc(SCCOc2ccc(Br)cc2)cc1. The molecule has 0 spiro atoms. The van der Waals surface area contributed by atoms with E-state index in [0.717, 1.165) is 29.1 Å². The number of hydrogen-bond donors (Lipinski definition) is 1. The van der Waals surface area contributed by atoms with Crippen LogP contribution in [0.3, 0.4) is 0 Å². The van der Waals surface area contributed by atoms with Crippen LogP contribution in [0.25, 0.3) is 0 Å². The van der Waals surface area contributed by atoms with Crippen molar-refractivity contribution in [3.05, 3.63) is 58.6 Å². The van der Waals surface area contributed by atoms with Gasteiger partial charge < -0.3 is 10.1 Å². The molecule has 0 unspecified atom stereocenters. The third-order valence-electron chi connectivity index (χ3n) is 2.94. The van der Waals surface area contributed by atoms with Gasteiger partial charge in [0.2, 0.25) is 0 Å². The first-order valence-corrected chi connectivity index (χ1v) is 8.86. The van der Waals surface area contributed by atoms with Crippen LogP contribution in [0.5, 0.6) is 5.75 Å². The van der Waals surface area contributed by atoms with Crippen molar-refractivity contribution < 1.29 is 4.74 Å². The summed E-state index contributed by atoms with van der Waals surface area (Å²) in [4.78, 5) is 1.29. The molecule has 2 aromatic carbocycles. The normalized spacial score (nSPS) is 10.6. The van der Waals surface area contributed by atoms with E-state index >= 15 is 0 Å². The molecule has 0 fully saturated rings. The molecule has 21 heavy (non-hydrogen) atoms. The molecule has 0 aromatic heterocycles. The number of hydrogen-bond acceptors (Lipinski definition) is 3. The first-order valence-electron chi connectivity index (χ1n) is 7.09. The van der Waals surface area contributed by atoms with E-state index in [4.69, 9.17) is 4.74 Å². The van der Waals surface area contributed by atoms with E-state index in [1.165, 1.54) is 10.5 Å². The maximum absolute atomic E-state index is 5.71. The third kappa shape index (κ3) is 6.12. The second-order valence-corrected chi connectivity index (χ2v) is 6.66. The minimum absolute atomic E-state index is 0.714. The van der Waals surface area contributed by atoms with E-state index in [1.54, 1.807) is 0 Å². The summed E-state index contributed by atoms with van der Waals surface area (Å²) in [5, 5.41) is 3.33. The maximum atomic E-state index is 5.71. The molecule has 0 amide bonds. The standard InChI is InChI=1S/C17H20BrNOS/c1-2-19-13-14-3-9-17(10-4-14)21-12-11-20-16-7-5-15(18)6-8-16/h3-10,19H,2,11-13H2,1H3. The van der Waals surface area contributed by atoms with E-state index in [-0.39, 0.29) is 0 Å². The molecule has 0 atom stereocenters. The van der Waals surface area contributed by atoms with Gasteiger partial charge >= 0.3 is 0 Å². The second kappa shape index (κ2) is 9.13. The molecular weight excluding hydrogens is 346 g/mol. The molecule has 0 saturated heterocycles. The Morgan fingerprint density at radius 2 is 1.76 bits per heavy atom. The molecule has 2 nitrogen and oxygen atoms in total. The van der Waals surface area contributed by atoms with Crippen molar-refractivity contribution in [2.75, 3.05) is 18.9 Å². The van der Waals surface area contributed by atoms with Crippen LogP contribution in [0, 0.1) is 0 Å². The largest absolute Gasteiger partial charge is 0.493 e. The summed E-state index contributed by atoms with van der Waals surface area (Å²) in [5.41, 5.74) is 1.33. The van der Waals surface area contributed by atoms with Gasteiger partial charge in [0.1, 0.15) is 5.75 Å². The first kappa shape index (κ1) is 16.4. The van der Waals surface area contributed by atoms with Gasteiger partial charge in [0.25, 0.3) is 0 Å². The van der Waals surface area contributed by atoms with Gasteiger partial charge in [-0.1, -0.05) is 35.0 Å². The Hall–Kier alpha value is -0.970. The number of halogens is 1. The van der Waals surface area contributed by atoms with E-state index in [0.29, 0.717) is 6.61 Å². The van der Waals surface area contributed by atoms with Gasteiger partial charge in [-0.15, -0.1) is 11.8 Å². The van der Waals surface area contributed by atoms with Crippen molar-refractivity contribution in [1.82, 2.24) is 5.32 Å². The summed E-state index contributed by atoms with van der Waals surface area (Å²) >= 11 is 5.24. The van der Waals surface area contributed by atoms with Crippen LogP contribution in [-0.2, 0) is 6.54 Å². The van der Waals surface area contributed by atoms with Gasteiger partial charge in [-0.2, -0.15) is 0 Å². The van der Waals surface area contributed by atoms with Crippen molar-refractivity contribution in [2.24, 2.45) is 0 Å². The summed E-state index contributed by atoms with van der Waals surface area (Å²) in [6.07, 6.45) is 0. The fourth-order valence-electron chi connectivity index (χ4n) is 1.82. The summed E-state index contributed by atoms with van der Waals surface area (Å²) in [5.74, 6) is 1.86. The Balaban J connectivity index is 1.69. The number of thioether (sulfide) groups is 1. The fraction of sp³-hybridized carbons (Fsp3) is 0.294. The molecule has 0 heterocycles. The average molecular weight is 366 g/mol. The van der Waals surface area contributed by atoms with E-state index < -0.39 is 0 Å². The molecule has 0 aliphatic rings. The Bertz CT molecular complexity index is 527. The molecule has 2 rings (SSSR count). The lowest BCUT2D eigenvalue weighted by molar-refractivity contribution is 0.344. The van der Waals surface area contributed by atoms with Gasteiger partial charge in [-0.05, 0) is 48.5 Å². The van der Waals surface area contributed by atoms with Gasteiger partial charge in [0.05, 0.1) is 6.61 Å². The molecule has 4 heteroatoms. The van der Waals surface area contributed by atoms with Gasteiger partial charge in [-0.25, -0.2) is 0 Å². The molecule has 0 aliphatic carbocycles. The summed E-state index contributed by atoms with van der Waals surface area (Å²) in [6.45, 7) is 4.78. The van der Waals surface area contributed by atoms with Gasteiger partial charge in [0, 0.05) is 21.7 Å². The molecule has 0 saturated carbocycles. The average Bonchev–Trinajstić information content (AvgIpc) is 2.52. The maximum Gasteiger partial charge on any atom is 0.119 e. The Kier molecular flexibility index (Phi) is 7.13. The number of benzene rings is 2. The number of nitrogens with one attached hydrogen (secondary N) is 1. The lowest BCUT2D eigenvalue weighted by Gasteiger charge is -2.07. The molecule has 1 N–H and O–H groups in total. The zero-order valence-corrected chi connectivity index (χ0v) is 14.5. The Labute approximate surface area is 139 Å².